The summed E-state index contributed by atoms with van der Waals surface area (Å²) in [6.07, 6.45) is 18.0. The molecule has 4 nitrogen and oxygen atoms in total. The number of hydrogen-bond donors (Lipinski definition) is 0. The Labute approximate surface area is 612 Å². The first-order chi connectivity index (χ1) is 51.3. The van der Waals surface area contributed by atoms with E-state index in [-0.39, 0.29) is 16.2 Å². The zero-order chi connectivity index (χ0) is 68.3. The lowest BCUT2D eigenvalue weighted by atomic mass is 9.43. The summed E-state index contributed by atoms with van der Waals surface area (Å²) >= 11 is 1.90. The molecule has 3 aromatic heterocycles. The van der Waals surface area contributed by atoms with Gasteiger partial charge in [0.15, 0.2) is 0 Å². The van der Waals surface area contributed by atoms with Crippen LogP contribution < -0.4 is 9.80 Å². The van der Waals surface area contributed by atoms with E-state index in [2.05, 4.69) is 291 Å². The van der Waals surface area contributed by atoms with Gasteiger partial charge in [-0.15, -0.1) is 11.3 Å². The Hall–Kier alpha value is -10.5. The van der Waals surface area contributed by atoms with Crippen LogP contribution in [0.1, 0.15) is 111 Å². The Balaban J connectivity index is 0.000000127. The summed E-state index contributed by atoms with van der Waals surface area (Å²) < 4.78 is 2.68. The molecule has 0 saturated heterocycles. The van der Waals surface area contributed by atoms with Gasteiger partial charge in [-0.2, -0.15) is 0 Å². The maximum absolute atomic E-state index is 5.23. The minimum atomic E-state index is -0.177. The fourth-order valence-electron chi connectivity index (χ4n) is 24.6. The molecule has 11 aliphatic rings. The largest absolute Gasteiger partial charge is 0.309 e. The molecule has 0 N–H and O–H groups in total. The molecule has 3 heterocycles. The van der Waals surface area contributed by atoms with E-state index >= 15 is 0 Å². The van der Waals surface area contributed by atoms with Crippen LogP contribution >= 0.6 is 11.3 Å². The van der Waals surface area contributed by atoms with E-state index in [0.29, 0.717) is 11.8 Å². The highest BCUT2D eigenvalue weighted by atomic mass is 32.1. The monoisotopic (exact) mass is 1360 g/mol. The number of aromatic nitrogens is 2. The van der Waals surface area contributed by atoms with Gasteiger partial charge >= 0.3 is 0 Å². The van der Waals surface area contributed by atoms with Crippen LogP contribution in [0.5, 0.6) is 0 Å². The number of hydrogen-bond acceptors (Lipinski definition) is 5. The fraction of sp³-hybridized carbons (Fsp3) is 0.232. The first kappa shape index (κ1) is 60.0. The minimum absolute atomic E-state index is 0.0986. The van der Waals surface area contributed by atoms with Crippen LogP contribution in [0.2, 0.25) is 0 Å². The Morgan fingerprint density at radius 3 is 1.50 bits per heavy atom. The molecular formula is C99H80N4S. The molecule has 15 aromatic rings. The van der Waals surface area contributed by atoms with Gasteiger partial charge < -0.3 is 9.80 Å². The summed E-state index contributed by atoms with van der Waals surface area (Å²) in [5.74, 6) is 6.56. The number of nitrogens with zero attached hydrogens (tertiary/aromatic N) is 4. The minimum Gasteiger partial charge on any atom is -0.309 e. The average molecular weight is 1360 g/mol. The Morgan fingerprint density at radius 2 is 0.837 bits per heavy atom. The molecule has 5 heteroatoms. The second-order valence-corrected chi connectivity index (χ2v) is 34.2. The summed E-state index contributed by atoms with van der Waals surface area (Å²) in [7, 11) is 0. The standard InChI is InChI=1S/C50H39NS.C49H41N3/c1-2-11-33(12-3-1)37-22-23-45(39-14-5-4-13-38(37)39)51(36-21-24-48-42(30-36)40-15-7-9-20-47(40)52-48)46-19-10-18-44-49(46)41-16-6-8-17-43(41)50(44)34-26-31-25-32(28-34)29-35(50)27-31;1-48(2)39-14-5-3-11-36(39)37-13-7-18-43(45(37)48)52(35-27-32-20-19-31-10-9-21-50-46(31)47(32)51-28-35)42-17-8-16-41-44(42)38-12-4-6-15-40(38)49(41)33-23-29-22-30(25-33)26-34(49)24-29/h1-24,30-32,34-35H,25-29H2;3-21,27-30,33-34H,22-26H2,1-2H3. The van der Waals surface area contributed by atoms with Crippen LogP contribution in [0.25, 0.3) is 97.3 Å². The zero-order valence-corrected chi connectivity index (χ0v) is 59.8. The molecule has 8 bridgehead atoms. The molecule has 8 saturated carbocycles. The lowest BCUT2D eigenvalue weighted by molar-refractivity contribution is -0.0399. The van der Waals surface area contributed by atoms with Crippen molar-refractivity contribution in [2.75, 3.05) is 9.80 Å². The van der Waals surface area contributed by atoms with E-state index in [1.54, 1.807) is 22.3 Å². The normalized spacial score (nSPS) is 24.6. The van der Waals surface area contributed by atoms with E-state index in [4.69, 9.17) is 9.97 Å². The predicted molar refractivity (Wildman–Crippen MR) is 433 cm³/mol. The predicted octanol–water partition coefficient (Wildman–Crippen LogP) is 26.3. The smallest absolute Gasteiger partial charge is 0.0966 e. The molecule has 502 valence electrons. The third-order valence-corrected chi connectivity index (χ3v) is 29.1. The van der Waals surface area contributed by atoms with Crippen molar-refractivity contribution in [3.05, 3.63) is 313 Å². The summed E-state index contributed by atoms with van der Waals surface area (Å²) in [4.78, 5) is 15.2. The first-order valence-electron chi connectivity index (χ1n) is 38.7. The molecule has 0 radical (unpaired) electrons. The SMILES string of the molecule is CC1(C)c2ccccc2-c2cccc(N(c3cnc4c(ccc5cccnc54)c3)c3cccc4c3-c3ccccc3C43C4CC5CC(C4)CC3C5)c21.c1ccc(-c2ccc(N(c3ccc4sc5ccccc5c4c3)c3cccc4c3-c3ccccc3C43C4CC5CC(C4)CC3C5)c3ccccc23)cc1. The van der Waals surface area contributed by atoms with Crippen molar-refractivity contribution >= 4 is 98.2 Å². The Kier molecular flexibility index (Phi) is 12.9. The van der Waals surface area contributed by atoms with Gasteiger partial charge in [0.1, 0.15) is 0 Å². The van der Waals surface area contributed by atoms with Gasteiger partial charge in [0.25, 0.3) is 0 Å². The van der Waals surface area contributed by atoms with Crippen molar-refractivity contribution in [2.24, 2.45) is 47.3 Å². The van der Waals surface area contributed by atoms with E-state index in [9.17, 15) is 0 Å². The van der Waals surface area contributed by atoms with Gasteiger partial charge in [0.2, 0.25) is 0 Å². The molecule has 8 fully saturated rings. The second kappa shape index (κ2) is 22.3. The highest BCUT2D eigenvalue weighted by molar-refractivity contribution is 7.25. The molecule has 2 spiro atoms. The quantitative estimate of drug-likeness (QED) is 0.149. The lowest BCUT2D eigenvalue weighted by Crippen LogP contribution is -2.55. The maximum atomic E-state index is 5.23. The van der Waals surface area contributed by atoms with Crippen LogP contribution in [0.4, 0.5) is 34.1 Å². The summed E-state index contributed by atoms with van der Waals surface area (Å²) in [5, 5.41) is 7.44. The number of thiophene rings is 1. The third-order valence-electron chi connectivity index (χ3n) is 27.9. The summed E-state index contributed by atoms with van der Waals surface area (Å²) in [5.41, 5.74) is 29.4. The molecule has 0 aliphatic heterocycles. The molecule has 0 atom stereocenters. The van der Waals surface area contributed by atoms with Crippen LogP contribution in [-0.4, -0.2) is 9.97 Å². The summed E-state index contributed by atoms with van der Waals surface area (Å²) in [6, 6.07) is 101. The van der Waals surface area contributed by atoms with Gasteiger partial charge in [-0.1, -0.05) is 220 Å². The van der Waals surface area contributed by atoms with Gasteiger partial charge in [-0.3, -0.25) is 9.97 Å². The molecular weight excluding hydrogens is 1280 g/mol. The molecule has 11 aliphatic carbocycles. The van der Waals surface area contributed by atoms with Gasteiger partial charge in [-0.25, -0.2) is 0 Å². The van der Waals surface area contributed by atoms with Crippen molar-refractivity contribution < 1.29 is 0 Å². The summed E-state index contributed by atoms with van der Waals surface area (Å²) in [6.45, 7) is 4.81. The van der Waals surface area contributed by atoms with Crippen LogP contribution in [-0.2, 0) is 16.2 Å². The topological polar surface area (TPSA) is 32.3 Å². The molecule has 104 heavy (non-hydrogen) atoms. The molecule has 26 rings (SSSR count). The highest BCUT2D eigenvalue weighted by Crippen LogP contribution is 2.73. The van der Waals surface area contributed by atoms with Crippen LogP contribution in [0.3, 0.4) is 0 Å². The number of anilines is 6. The van der Waals surface area contributed by atoms with E-state index in [1.165, 1.54) is 179 Å². The van der Waals surface area contributed by atoms with E-state index in [1.807, 2.05) is 23.6 Å². The Morgan fingerprint density at radius 1 is 0.327 bits per heavy atom. The van der Waals surface area contributed by atoms with Crippen molar-refractivity contribution in [3.63, 3.8) is 0 Å². The molecule has 0 unspecified atom stereocenters. The molecule has 0 amide bonds. The second-order valence-electron chi connectivity index (χ2n) is 33.1. The van der Waals surface area contributed by atoms with E-state index < -0.39 is 0 Å². The molecule has 12 aromatic carbocycles. The first-order valence-corrected chi connectivity index (χ1v) is 39.5. The number of rotatable bonds is 7. The van der Waals surface area contributed by atoms with Gasteiger partial charge in [-0.05, 0) is 244 Å². The highest BCUT2D eigenvalue weighted by Gasteiger charge is 2.64. The van der Waals surface area contributed by atoms with Crippen LogP contribution in [0, 0.1) is 47.3 Å². The Bertz CT molecular complexity index is 6060. The van der Waals surface area contributed by atoms with Crippen molar-refractivity contribution in [2.45, 2.75) is 94.3 Å². The van der Waals surface area contributed by atoms with Crippen LogP contribution in [0.15, 0.2) is 279 Å². The van der Waals surface area contributed by atoms with E-state index in [0.717, 1.165) is 63.0 Å². The van der Waals surface area contributed by atoms with Crippen molar-refractivity contribution in [1.29, 1.82) is 0 Å². The van der Waals surface area contributed by atoms with Gasteiger partial charge in [0, 0.05) is 75.6 Å². The average Bonchev–Trinajstić information content (AvgIpc) is 1.49. The lowest BCUT2D eigenvalue weighted by Gasteiger charge is -2.61. The number of fused-ring (bicyclic) bond motifs is 16. The van der Waals surface area contributed by atoms with Gasteiger partial charge in [0.05, 0.1) is 45.7 Å². The van der Waals surface area contributed by atoms with Crippen molar-refractivity contribution in [1.82, 2.24) is 9.97 Å². The van der Waals surface area contributed by atoms with Crippen molar-refractivity contribution in [3.8, 4) is 44.5 Å². The maximum Gasteiger partial charge on any atom is 0.0966 e. The zero-order valence-electron chi connectivity index (χ0n) is 58.9. The third kappa shape index (κ3) is 8.25. The number of pyridine rings is 2. The fourth-order valence-corrected chi connectivity index (χ4v) is 25.7. The number of benzene rings is 12.